The van der Waals surface area contributed by atoms with Crippen molar-refractivity contribution >= 4 is 44.6 Å². The summed E-state index contributed by atoms with van der Waals surface area (Å²) in [4.78, 5) is 11.5. The number of aryl methyl sites for hydroxylation is 1. The minimum atomic E-state index is 0.0516. The number of rotatable bonds is 2. The Bertz CT molecular complexity index is 685. The van der Waals surface area contributed by atoms with Gasteiger partial charge in [0.1, 0.15) is 0 Å². The van der Waals surface area contributed by atoms with Crippen LogP contribution in [-0.4, -0.2) is 5.91 Å². The minimum absolute atomic E-state index is 0.0516. The normalized spacial score (nSPS) is 13.6. The summed E-state index contributed by atoms with van der Waals surface area (Å²) >= 11 is 3.43. The van der Waals surface area contributed by atoms with Gasteiger partial charge in [0.15, 0.2) is 0 Å². The van der Waals surface area contributed by atoms with Gasteiger partial charge in [0.05, 0.1) is 11.4 Å². The maximum atomic E-state index is 11.5. The van der Waals surface area contributed by atoms with E-state index >= 15 is 0 Å². The maximum absolute atomic E-state index is 11.5. The van der Waals surface area contributed by atoms with Crippen LogP contribution in [-0.2, 0) is 11.2 Å². The van der Waals surface area contributed by atoms with E-state index in [4.69, 9.17) is 5.73 Å². The van der Waals surface area contributed by atoms with E-state index in [1.807, 2.05) is 36.4 Å². The van der Waals surface area contributed by atoms with Gasteiger partial charge in [0, 0.05) is 22.3 Å². The third kappa shape index (κ3) is 2.63. The average Bonchev–Trinajstić information content (AvgIpc) is 2.40. The summed E-state index contributed by atoms with van der Waals surface area (Å²) in [6.07, 6.45) is 1.26. The standard InChI is InChI=1S/C15H14BrN3O/c16-10-2-1-3-11(7-10)18-14-8-13-9(6-12(14)17)4-5-15(20)19-13/h1-3,6-8,18H,4-5,17H2,(H,19,20). The van der Waals surface area contributed by atoms with Crippen LogP contribution >= 0.6 is 15.9 Å². The van der Waals surface area contributed by atoms with Gasteiger partial charge in [-0.2, -0.15) is 0 Å². The molecule has 0 saturated heterocycles. The molecule has 2 aromatic carbocycles. The van der Waals surface area contributed by atoms with Crippen LogP contribution in [0.25, 0.3) is 0 Å². The molecule has 2 aromatic rings. The number of carbonyl (C=O) groups excluding carboxylic acids is 1. The van der Waals surface area contributed by atoms with E-state index < -0.39 is 0 Å². The Morgan fingerprint density at radius 1 is 1.20 bits per heavy atom. The Kier molecular flexibility index (Phi) is 3.36. The number of hydrogen-bond donors (Lipinski definition) is 3. The molecule has 5 heteroatoms. The van der Waals surface area contributed by atoms with Gasteiger partial charge in [-0.05, 0) is 42.3 Å². The van der Waals surface area contributed by atoms with Gasteiger partial charge in [-0.1, -0.05) is 22.0 Å². The van der Waals surface area contributed by atoms with Gasteiger partial charge in [-0.25, -0.2) is 0 Å². The molecule has 102 valence electrons. The summed E-state index contributed by atoms with van der Waals surface area (Å²) in [6, 6.07) is 11.7. The highest BCUT2D eigenvalue weighted by atomic mass is 79.9. The van der Waals surface area contributed by atoms with Crippen LogP contribution < -0.4 is 16.4 Å². The molecule has 4 nitrogen and oxygen atoms in total. The first kappa shape index (κ1) is 13.0. The lowest BCUT2D eigenvalue weighted by Gasteiger charge is -2.20. The Hall–Kier alpha value is -2.01. The number of nitrogen functional groups attached to an aromatic ring is 1. The lowest BCUT2D eigenvalue weighted by molar-refractivity contribution is -0.116. The van der Waals surface area contributed by atoms with Crippen LogP contribution in [0, 0.1) is 0 Å². The Labute approximate surface area is 125 Å². The van der Waals surface area contributed by atoms with Crippen LogP contribution in [0.4, 0.5) is 22.7 Å². The van der Waals surface area contributed by atoms with Crippen molar-refractivity contribution in [1.29, 1.82) is 0 Å². The summed E-state index contributed by atoms with van der Waals surface area (Å²) in [5, 5.41) is 6.15. The Morgan fingerprint density at radius 2 is 2.05 bits per heavy atom. The maximum Gasteiger partial charge on any atom is 0.224 e. The molecular formula is C15H14BrN3O. The van der Waals surface area contributed by atoms with Gasteiger partial charge < -0.3 is 16.4 Å². The molecule has 0 aromatic heterocycles. The van der Waals surface area contributed by atoms with Crippen molar-refractivity contribution in [2.24, 2.45) is 0 Å². The van der Waals surface area contributed by atoms with E-state index in [9.17, 15) is 4.79 Å². The molecule has 0 aliphatic carbocycles. The fraction of sp³-hybridized carbons (Fsp3) is 0.133. The number of anilines is 4. The van der Waals surface area contributed by atoms with Gasteiger partial charge >= 0.3 is 0 Å². The molecule has 1 aliphatic heterocycles. The molecule has 0 radical (unpaired) electrons. The molecular weight excluding hydrogens is 318 g/mol. The first-order chi connectivity index (χ1) is 9.61. The van der Waals surface area contributed by atoms with Crippen molar-refractivity contribution in [2.75, 3.05) is 16.4 Å². The average molecular weight is 332 g/mol. The van der Waals surface area contributed by atoms with E-state index in [0.29, 0.717) is 12.1 Å². The zero-order valence-corrected chi connectivity index (χ0v) is 12.3. The fourth-order valence-electron chi connectivity index (χ4n) is 2.28. The van der Waals surface area contributed by atoms with Crippen molar-refractivity contribution in [1.82, 2.24) is 0 Å². The van der Waals surface area contributed by atoms with Crippen LogP contribution in [0.3, 0.4) is 0 Å². The first-order valence-corrected chi connectivity index (χ1v) is 7.16. The largest absolute Gasteiger partial charge is 0.397 e. The quantitative estimate of drug-likeness (QED) is 0.735. The van der Waals surface area contributed by atoms with E-state index in [-0.39, 0.29) is 5.91 Å². The summed E-state index contributed by atoms with van der Waals surface area (Å²) < 4.78 is 0.993. The molecule has 0 atom stereocenters. The molecule has 20 heavy (non-hydrogen) atoms. The molecule has 0 saturated carbocycles. The highest BCUT2D eigenvalue weighted by molar-refractivity contribution is 9.10. The van der Waals surface area contributed by atoms with E-state index in [1.54, 1.807) is 0 Å². The molecule has 0 unspecified atom stereocenters. The monoisotopic (exact) mass is 331 g/mol. The van der Waals surface area contributed by atoms with Crippen molar-refractivity contribution in [2.45, 2.75) is 12.8 Å². The fourth-order valence-corrected chi connectivity index (χ4v) is 2.68. The lowest BCUT2D eigenvalue weighted by Crippen LogP contribution is -2.19. The zero-order chi connectivity index (χ0) is 14.1. The Morgan fingerprint density at radius 3 is 2.85 bits per heavy atom. The van der Waals surface area contributed by atoms with Crippen LogP contribution in [0.1, 0.15) is 12.0 Å². The molecule has 0 fully saturated rings. The SMILES string of the molecule is Nc1cc2c(cc1Nc1cccc(Br)c1)NC(=O)CC2. The van der Waals surface area contributed by atoms with E-state index in [0.717, 1.165) is 33.5 Å². The lowest BCUT2D eigenvalue weighted by atomic mass is 10.0. The number of fused-ring (bicyclic) bond motifs is 1. The summed E-state index contributed by atoms with van der Waals surface area (Å²) in [5.41, 5.74) is 10.4. The van der Waals surface area contributed by atoms with Crippen LogP contribution in [0.15, 0.2) is 40.9 Å². The minimum Gasteiger partial charge on any atom is -0.397 e. The third-order valence-corrected chi connectivity index (χ3v) is 3.77. The molecule has 1 heterocycles. The summed E-state index contributed by atoms with van der Waals surface area (Å²) in [7, 11) is 0. The molecule has 0 spiro atoms. The van der Waals surface area contributed by atoms with E-state index in [1.165, 1.54) is 0 Å². The van der Waals surface area contributed by atoms with Gasteiger partial charge in [0.2, 0.25) is 5.91 Å². The summed E-state index contributed by atoms with van der Waals surface area (Å²) in [5.74, 6) is 0.0516. The number of halogens is 1. The summed E-state index contributed by atoms with van der Waals surface area (Å²) in [6.45, 7) is 0. The van der Waals surface area contributed by atoms with E-state index in [2.05, 4.69) is 26.6 Å². The molecule has 1 aliphatic rings. The second-order valence-corrected chi connectivity index (χ2v) is 5.70. The number of carbonyl (C=O) groups is 1. The number of nitrogens with two attached hydrogens (primary N) is 1. The predicted octanol–water partition coefficient (Wildman–Crippen LogP) is 3.66. The van der Waals surface area contributed by atoms with Crippen molar-refractivity contribution in [3.8, 4) is 0 Å². The smallest absolute Gasteiger partial charge is 0.224 e. The molecule has 0 bridgehead atoms. The molecule has 3 rings (SSSR count). The van der Waals surface area contributed by atoms with Gasteiger partial charge in [0.25, 0.3) is 0 Å². The van der Waals surface area contributed by atoms with Crippen molar-refractivity contribution in [3.05, 3.63) is 46.4 Å². The number of nitrogens with one attached hydrogen (secondary N) is 2. The third-order valence-electron chi connectivity index (χ3n) is 3.27. The zero-order valence-electron chi connectivity index (χ0n) is 10.7. The Balaban J connectivity index is 1.94. The first-order valence-electron chi connectivity index (χ1n) is 6.36. The van der Waals surface area contributed by atoms with Gasteiger partial charge in [-0.3, -0.25) is 4.79 Å². The highest BCUT2D eigenvalue weighted by Crippen LogP contribution is 2.33. The topological polar surface area (TPSA) is 67.2 Å². The number of amides is 1. The second kappa shape index (κ2) is 5.17. The van der Waals surface area contributed by atoms with Crippen LogP contribution in [0.5, 0.6) is 0 Å². The van der Waals surface area contributed by atoms with Gasteiger partial charge in [-0.15, -0.1) is 0 Å². The number of benzene rings is 2. The molecule has 1 amide bonds. The second-order valence-electron chi connectivity index (χ2n) is 4.78. The highest BCUT2D eigenvalue weighted by Gasteiger charge is 2.16. The van der Waals surface area contributed by atoms with Crippen LogP contribution in [0.2, 0.25) is 0 Å². The number of hydrogen-bond acceptors (Lipinski definition) is 3. The van der Waals surface area contributed by atoms with Crippen molar-refractivity contribution < 1.29 is 4.79 Å². The molecule has 4 N–H and O–H groups in total. The predicted molar refractivity (Wildman–Crippen MR) is 85.2 cm³/mol. The van der Waals surface area contributed by atoms with Crippen molar-refractivity contribution in [3.63, 3.8) is 0 Å².